The zero-order valence-corrected chi connectivity index (χ0v) is 13.0. The van der Waals surface area contributed by atoms with Gasteiger partial charge in [-0.05, 0) is 57.8 Å². The molecule has 1 aliphatic rings. The van der Waals surface area contributed by atoms with E-state index < -0.39 is 0 Å². The van der Waals surface area contributed by atoms with Crippen molar-refractivity contribution in [2.24, 2.45) is 0 Å². The Kier molecular flexibility index (Phi) is 6.05. The molecule has 1 aliphatic heterocycles. The maximum Gasteiger partial charge on any atom is 0.253 e. The summed E-state index contributed by atoms with van der Waals surface area (Å²) in [5, 5.41) is 2.95. The summed E-state index contributed by atoms with van der Waals surface area (Å²) in [6.45, 7) is 5.41. The Morgan fingerprint density at radius 1 is 1.33 bits per heavy atom. The third-order valence-corrected chi connectivity index (χ3v) is 4.30. The lowest BCUT2D eigenvalue weighted by molar-refractivity contribution is 0.0952. The molecule has 0 aromatic heterocycles. The van der Waals surface area contributed by atoms with Crippen LogP contribution in [0.2, 0.25) is 0 Å². The lowest BCUT2D eigenvalue weighted by Crippen LogP contribution is -2.38. The molecule has 1 amide bonds. The average Bonchev–Trinajstić information content (AvgIpc) is 2.49. The van der Waals surface area contributed by atoms with E-state index in [1.54, 1.807) is 12.1 Å². The number of rotatable bonds is 6. The van der Waals surface area contributed by atoms with Crippen molar-refractivity contribution >= 4 is 11.6 Å². The van der Waals surface area contributed by atoms with Gasteiger partial charge in [-0.1, -0.05) is 18.6 Å². The molecule has 4 heteroatoms. The number of amides is 1. The second-order valence-electron chi connectivity index (χ2n) is 5.93. The normalized spacial score (nSPS) is 19.4. The smallest absolute Gasteiger partial charge is 0.253 e. The predicted molar refractivity (Wildman–Crippen MR) is 87.3 cm³/mol. The van der Waals surface area contributed by atoms with Crippen LogP contribution in [0.4, 0.5) is 5.69 Å². The summed E-state index contributed by atoms with van der Waals surface area (Å²) in [6.07, 6.45) is 6.17. The quantitative estimate of drug-likeness (QED) is 0.625. The van der Waals surface area contributed by atoms with Crippen molar-refractivity contribution in [1.82, 2.24) is 10.2 Å². The molecule has 0 spiro atoms. The van der Waals surface area contributed by atoms with Gasteiger partial charge in [0, 0.05) is 18.3 Å². The van der Waals surface area contributed by atoms with E-state index in [0.717, 1.165) is 32.0 Å². The van der Waals surface area contributed by atoms with E-state index >= 15 is 0 Å². The van der Waals surface area contributed by atoms with Gasteiger partial charge >= 0.3 is 0 Å². The molecule has 1 heterocycles. The molecule has 3 N–H and O–H groups in total. The zero-order chi connectivity index (χ0) is 15.1. The molecule has 1 unspecified atom stereocenters. The summed E-state index contributed by atoms with van der Waals surface area (Å²) in [7, 11) is 0. The van der Waals surface area contributed by atoms with Crippen LogP contribution < -0.4 is 11.1 Å². The lowest BCUT2D eigenvalue weighted by Gasteiger charge is -2.33. The van der Waals surface area contributed by atoms with Crippen LogP contribution in [0.15, 0.2) is 24.3 Å². The molecule has 4 nitrogen and oxygen atoms in total. The highest BCUT2D eigenvalue weighted by molar-refractivity contribution is 5.98. The van der Waals surface area contributed by atoms with Gasteiger partial charge in [-0.15, -0.1) is 0 Å². The molecule has 21 heavy (non-hydrogen) atoms. The molecule has 1 atom stereocenters. The first-order valence-corrected chi connectivity index (χ1v) is 8.05. The molecule has 1 aromatic rings. The Balaban J connectivity index is 1.63. The number of carbonyl (C=O) groups excluding carboxylic acids is 1. The van der Waals surface area contributed by atoms with Crippen LogP contribution in [0.3, 0.4) is 0 Å². The summed E-state index contributed by atoms with van der Waals surface area (Å²) in [5.41, 5.74) is 6.91. The average molecular weight is 289 g/mol. The molecule has 2 rings (SSSR count). The number of nitrogens with one attached hydrogen (secondary N) is 1. The summed E-state index contributed by atoms with van der Waals surface area (Å²) in [4.78, 5) is 14.6. The SMILES string of the molecule is CC1CCCCN1CCCCNC(=O)c1ccccc1N. The van der Waals surface area contributed by atoms with Gasteiger partial charge in [0.05, 0.1) is 5.56 Å². The number of likely N-dealkylation sites (tertiary alicyclic amines) is 1. The van der Waals surface area contributed by atoms with Gasteiger partial charge in [-0.25, -0.2) is 0 Å². The van der Waals surface area contributed by atoms with Gasteiger partial charge in [0.2, 0.25) is 0 Å². The molecule has 116 valence electrons. The monoisotopic (exact) mass is 289 g/mol. The Morgan fingerprint density at radius 2 is 2.14 bits per heavy atom. The molecule has 0 radical (unpaired) electrons. The number of hydrogen-bond donors (Lipinski definition) is 2. The highest BCUT2D eigenvalue weighted by atomic mass is 16.1. The molecular weight excluding hydrogens is 262 g/mol. The van der Waals surface area contributed by atoms with E-state index in [2.05, 4.69) is 17.1 Å². The van der Waals surface area contributed by atoms with Crippen LogP contribution in [0.1, 0.15) is 49.4 Å². The Bertz CT molecular complexity index is 461. The largest absolute Gasteiger partial charge is 0.398 e. The number of hydrogen-bond acceptors (Lipinski definition) is 3. The fourth-order valence-corrected chi connectivity index (χ4v) is 2.93. The number of para-hydroxylation sites is 1. The third kappa shape index (κ3) is 4.74. The van der Waals surface area contributed by atoms with Crippen LogP contribution >= 0.6 is 0 Å². The minimum absolute atomic E-state index is 0.0700. The van der Waals surface area contributed by atoms with E-state index in [9.17, 15) is 4.79 Å². The molecular formula is C17H27N3O. The van der Waals surface area contributed by atoms with Crippen LogP contribution in [-0.2, 0) is 0 Å². The standard InChI is InChI=1S/C17H27N3O/c1-14-8-4-6-12-20(14)13-7-5-11-19-17(21)15-9-2-3-10-16(15)18/h2-3,9-10,14H,4-8,11-13,18H2,1H3,(H,19,21). The fourth-order valence-electron chi connectivity index (χ4n) is 2.93. The number of carbonyl (C=O) groups is 1. The first-order valence-electron chi connectivity index (χ1n) is 8.05. The van der Waals surface area contributed by atoms with Gasteiger partial charge in [-0.2, -0.15) is 0 Å². The summed E-state index contributed by atoms with van der Waals surface area (Å²) < 4.78 is 0. The Labute approximate surface area is 127 Å². The Morgan fingerprint density at radius 3 is 2.90 bits per heavy atom. The lowest BCUT2D eigenvalue weighted by atomic mass is 10.0. The summed E-state index contributed by atoms with van der Waals surface area (Å²) >= 11 is 0. The molecule has 1 fully saturated rings. The number of anilines is 1. The number of nitrogens with zero attached hydrogens (tertiary/aromatic N) is 1. The first kappa shape index (κ1) is 15.8. The van der Waals surface area contributed by atoms with Crippen molar-refractivity contribution in [1.29, 1.82) is 0 Å². The summed E-state index contributed by atoms with van der Waals surface area (Å²) in [5.74, 6) is -0.0700. The number of benzene rings is 1. The second-order valence-corrected chi connectivity index (χ2v) is 5.93. The number of nitrogen functional groups attached to an aromatic ring is 1. The van der Waals surface area contributed by atoms with E-state index in [0.29, 0.717) is 11.3 Å². The molecule has 0 bridgehead atoms. The highest BCUT2D eigenvalue weighted by Crippen LogP contribution is 2.16. The van der Waals surface area contributed by atoms with Crippen molar-refractivity contribution in [2.75, 3.05) is 25.4 Å². The number of nitrogens with two attached hydrogens (primary N) is 1. The predicted octanol–water partition coefficient (Wildman–Crippen LogP) is 2.65. The minimum Gasteiger partial charge on any atom is -0.398 e. The molecule has 1 saturated heterocycles. The van der Waals surface area contributed by atoms with Crippen LogP contribution in [-0.4, -0.2) is 36.5 Å². The maximum atomic E-state index is 12.0. The Hall–Kier alpha value is -1.55. The summed E-state index contributed by atoms with van der Waals surface area (Å²) in [6, 6.07) is 7.92. The van der Waals surface area contributed by atoms with Crippen LogP contribution in [0, 0.1) is 0 Å². The van der Waals surface area contributed by atoms with E-state index in [-0.39, 0.29) is 5.91 Å². The van der Waals surface area contributed by atoms with Gasteiger partial charge in [0.1, 0.15) is 0 Å². The minimum atomic E-state index is -0.0700. The highest BCUT2D eigenvalue weighted by Gasteiger charge is 2.17. The van der Waals surface area contributed by atoms with Crippen molar-refractivity contribution < 1.29 is 4.79 Å². The zero-order valence-electron chi connectivity index (χ0n) is 13.0. The van der Waals surface area contributed by atoms with Crippen molar-refractivity contribution in [3.63, 3.8) is 0 Å². The van der Waals surface area contributed by atoms with Gasteiger partial charge in [0.15, 0.2) is 0 Å². The molecule has 1 aromatic carbocycles. The second kappa shape index (κ2) is 8.03. The molecule has 0 aliphatic carbocycles. The van der Waals surface area contributed by atoms with Crippen molar-refractivity contribution in [2.45, 2.75) is 45.1 Å². The van der Waals surface area contributed by atoms with Gasteiger partial charge < -0.3 is 16.0 Å². The van der Waals surface area contributed by atoms with Crippen molar-refractivity contribution in [3.8, 4) is 0 Å². The van der Waals surface area contributed by atoms with Crippen LogP contribution in [0.25, 0.3) is 0 Å². The third-order valence-electron chi connectivity index (χ3n) is 4.30. The first-order chi connectivity index (χ1) is 10.2. The van der Waals surface area contributed by atoms with Gasteiger partial charge in [-0.3, -0.25) is 4.79 Å². The van der Waals surface area contributed by atoms with E-state index in [4.69, 9.17) is 5.73 Å². The molecule has 0 saturated carbocycles. The van der Waals surface area contributed by atoms with E-state index in [1.165, 1.54) is 25.8 Å². The van der Waals surface area contributed by atoms with Crippen molar-refractivity contribution in [3.05, 3.63) is 29.8 Å². The number of piperidine rings is 1. The topological polar surface area (TPSA) is 58.4 Å². The van der Waals surface area contributed by atoms with Gasteiger partial charge in [0.25, 0.3) is 5.91 Å². The number of unbranched alkanes of at least 4 members (excludes halogenated alkanes) is 1. The van der Waals surface area contributed by atoms with Crippen LogP contribution in [0.5, 0.6) is 0 Å². The maximum absolute atomic E-state index is 12.0. The van der Waals surface area contributed by atoms with E-state index in [1.807, 2.05) is 12.1 Å². The fraction of sp³-hybridized carbons (Fsp3) is 0.588.